The molecule has 0 unspecified atom stereocenters. The Bertz CT molecular complexity index is 485. The Hall–Kier alpha value is -1.45. The van der Waals surface area contributed by atoms with Gasteiger partial charge in [-0.15, -0.1) is 10.2 Å². The molecular weight excluding hydrogens is 283 g/mol. The van der Waals surface area contributed by atoms with E-state index in [4.69, 9.17) is 5.84 Å². The molecule has 1 aromatic rings. The summed E-state index contributed by atoms with van der Waals surface area (Å²) in [7, 11) is 0. The number of halogens is 3. The standard InChI is InChI=1S/C9H12F3N5OS/c1-4(6(18)14-5-2-3-5)19-8-16-15-7(17(8)13)9(10,11)12/h4-5H,2-3,13H2,1H3,(H,14,18)/t4-/m0/s1. The van der Waals surface area contributed by atoms with Gasteiger partial charge in [0.2, 0.25) is 11.1 Å². The minimum atomic E-state index is -4.67. The highest BCUT2D eigenvalue weighted by atomic mass is 32.2. The fraction of sp³-hybridized carbons (Fsp3) is 0.667. The lowest BCUT2D eigenvalue weighted by Crippen LogP contribution is -2.33. The van der Waals surface area contributed by atoms with E-state index < -0.39 is 17.3 Å². The first-order valence-corrected chi connectivity index (χ1v) is 6.41. The van der Waals surface area contributed by atoms with Crippen LogP contribution in [0.15, 0.2) is 5.16 Å². The molecule has 1 aromatic heterocycles. The van der Waals surface area contributed by atoms with Crippen LogP contribution in [0.3, 0.4) is 0 Å². The second-order valence-electron chi connectivity index (χ2n) is 4.22. The molecule has 3 N–H and O–H groups in total. The fourth-order valence-electron chi connectivity index (χ4n) is 1.31. The van der Waals surface area contributed by atoms with Crippen molar-refractivity contribution in [2.75, 3.05) is 5.84 Å². The number of nitrogen functional groups attached to an aromatic ring is 1. The number of thioether (sulfide) groups is 1. The second kappa shape index (κ2) is 4.91. The van der Waals surface area contributed by atoms with Crippen LogP contribution in [0.4, 0.5) is 13.2 Å². The summed E-state index contributed by atoms with van der Waals surface area (Å²) in [4.78, 5) is 11.7. The number of rotatable bonds is 4. The summed E-state index contributed by atoms with van der Waals surface area (Å²) < 4.78 is 37.7. The molecule has 1 aliphatic rings. The normalized spacial score (nSPS) is 17.3. The molecule has 0 aliphatic heterocycles. The van der Waals surface area contributed by atoms with Crippen LogP contribution in [-0.4, -0.2) is 32.1 Å². The van der Waals surface area contributed by atoms with Crippen molar-refractivity contribution in [1.82, 2.24) is 20.2 Å². The maximum atomic E-state index is 12.4. The molecule has 2 rings (SSSR count). The minimum Gasteiger partial charge on any atom is -0.352 e. The largest absolute Gasteiger partial charge is 0.453 e. The second-order valence-corrected chi connectivity index (χ2v) is 5.52. The quantitative estimate of drug-likeness (QED) is 0.633. The predicted molar refractivity (Wildman–Crippen MR) is 61.7 cm³/mol. The highest BCUT2D eigenvalue weighted by Crippen LogP contribution is 2.30. The predicted octanol–water partition coefficient (Wildman–Crippen LogP) is 0.770. The van der Waals surface area contributed by atoms with Crippen molar-refractivity contribution >= 4 is 17.7 Å². The molecule has 10 heteroatoms. The lowest BCUT2D eigenvalue weighted by Gasteiger charge is -2.11. The van der Waals surface area contributed by atoms with Crippen LogP contribution in [0.1, 0.15) is 25.6 Å². The molecule has 6 nitrogen and oxygen atoms in total. The molecule has 1 aliphatic carbocycles. The van der Waals surface area contributed by atoms with Crippen LogP contribution < -0.4 is 11.2 Å². The minimum absolute atomic E-state index is 0.147. The molecule has 1 fully saturated rings. The van der Waals surface area contributed by atoms with Gasteiger partial charge >= 0.3 is 6.18 Å². The lowest BCUT2D eigenvalue weighted by atomic mass is 10.4. The Morgan fingerprint density at radius 1 is 1.53 bits per heavy atom. The van der Waals surface area contributed by atoms with E-state index in [2.05, 4.69) is 15.5 Å². The van der Waals surface area contributed by atoms with Crippen LogP contribution in [-0.2, 0) is 11.0 Å². The number of nitrogens with one attached hydrogen (secondary N) is 1. The zero-order valence-electron chi connectivity index (χ0n) is 9.94. The average Bonchev–Trinajstić information content (AvgIpc) is 3.02. The molecule has 1 saturated carbocycles. The Morgan fingerprint density at radius 2 is 2.16 bits per heavy atom. The molecule has 0 saturated heterocycles. The number of hydrogen-bond donors (Lipinski definition) is 2. The van der Waals surface area contributed by atoms with Crippen molar-refractivity contribution in [1.29, 1.82) is 0 Å². The number of alkyl halides is 3. The van der Waals surface area contributed by atoms with Gasteiger partial charge in [-0.05, 0) is 19.8 Å². The van der Waals surface area contributed by atoms with Gasteiger partial charge in [-0.1, -0.05) is 11.8 Å². The van der Waals surface area contributed by atoms with Crippen LogP contribution in [0.25, 0.3) is 0 Å². The van der Waals surface area contributed by atoms with Gasteiger partial charge < -0.3 is 11.2 Å². The zero-order chi connectivity index (χ0) is 14.2. The van der Waals surface area contributed by atoms with Gasteiger partial charge in [0, 0.05) is 6.04 Å². The maximum Gasteiger partial charge on any atom is 0.453 e. The zero-order valence-corrected chi connectivity index (χ0v) is 10.8. The summed E-state index contributed by atoms with van der Waals surface area (Å²) in [6.07, 6.45) is -2.79. The Morgan fingerprint density at radius 3 is 2.63 bits per heavy atom. The summed E-state index contributed by atoms with van der Waals surface area (Å²) >= 11 is 0.837. The van der Waals surface area contributed by atoms with Crippen molar-refractivity contribution in [3.8, 4) is 0 Å². The van der Waals surface area contributed by atoms with Gasteiger partial charge in [0.1, 0.15) is 0 Å². The SMILES string of the molecule is C[C@H](Sc1nnc(C(F)(F)F)n1N)C(=O)NC1CC1. The topological polar surface area (TPSA) is 85.8 Å². The van der Waals surface area contributed by atoms with Gasteiger partial charge in [0.05, 0.1) is 5.25 Å². The third-order valence-electron chi connectivity index (χ3n) is 2.49. The lowest BCUT2D eigenvalue weighted by molar-refractivity contribution is -0.146. The fourth-order valence-corrected chi connectivity index (χ4v) is 2.09. The maximum absolute atomic E-state index is 12.4. The Labute approximate surface area is 110 Å². The summed E-state index contributed by atoms with van der Waals surface area (Å²) in [6.45, 7) is 1.57. The van der Waals surface area contributed by atoms with E-state index in [1.165, 1.54) is 0 Å². The average molecular weight is 295 g/mol. The van der Waals surface area contributed by atoms with Gasteiger partial charge in [0.25, 0.3) is 5.82 Å². The number of aromatic nitrogens is 3. The highest BCUT2D eigenvalue weighted by Gasteiger charge is 2.38. The van der Waals surface area contributed by atoms with E-state index in [0.717, 1.165) is 24.6 Å². The molecular formula is C9H12F3N5OS. The molecule has 0 aromatic carbocycles. The first-order valence-electron chi connectivity index (χ1n) is 5.53. The summed E-state index contributed by atoms with van der Waals surface area (Å²) in [6, 6.07) is 0.192. The van der Waals surface area contributed by atoms with Crippen LogP contribution in [0.2, 0.25) is 0 Å². The van der Waals surface area contributed by atoms with E-state index in [1.807, 2.05) is 0 Å². The highest BCUT2D eigenvalue weighted by molar-refractivity contribution is 8.00. The number of hydrogen-bond acceptors (Lipinski definition) is 5. The van der Waals surface area contributed by atoms with Crippen LogP contribution >= 0.6 is 11.8 Å². The Kier molecular flexibility index (Phi) is 3.61. The third-order valence-corrected chi connectivity index (χ3v) is 3.55. The van der Waals surface area contributed by atoms with E-state index in [9.17, 15) is 18.0 Å². The number of carbonyl (C=O) groups excluding carboxylic acids is 1. The van der Waals surface area contributed by atoms with Gasteiger partial charge in [0.15, 0.2) is 0 Å². The van der Waals surface area contributed by atoms with Crippen molar-refractivity contribution in [3.05, 3.63) is 5.82 Å². The molecule has 1 atom stereocenters. The van der Waals surface area contributed by atoms with Crippen molar-refractivity contribution in [2.24, 2.45) is 0 Å². The van der Waals surface area contributed by atoms with Crippen molar-refractivity contribution < 1.29 is 18.0 Å². The molecule has 0 spiro atoms. The Balaban J connectivity index is 2.02. The van der Waals surface area contributed by atoms with Crippen LogP contribution in [0, 0.1) is 0 Å². The molecule has 106 valence electrons. The molecule has 1 heterocycles. The van der Waals surface area contributed by atoms with E-state index in [1.54, 1.807) is 6.92 Å². The van der Waals surface area contributed by atoms with Crippen molar-refractivity contribution in [2.45, 2.75) is 42.4 Å². The molecule has 0 bridgehead atoms. The van der Waals surface area contributed by atoms with E-state index in [0.29, 0.717) is 4.68 Å². The number of carbonyl (C=O) groups is 1. The van der Waals surface area contributed by atoms with Gasteiger partial charge in [-0.3, -0.25) is 4.79 Å². The summed E-state index contributed by atoms with van der Waals surface area (Å²) in [5, 5.41) is 8.35. The molecule has 0 radical (unpaired) electrons. The summed E-state index contributed by atoms with van der Waals surface area (Å²) in [5.41, 5.74) is 0. The van der Waals surface area contributed by atoms with Crippen molar-refractivity contribution in [3.63, 3.8) is 0 Å². The third kappa shape index (κ3) is 3.31. The monoisotopic (exact) mass is 295 g/mol. The molecule has 19 heavy (non-hydrogen) atoms. The smallest absolute Gasteiger partial charge is 0.352 e. The molecule has 1 amide bonds. The van der Waals surface area contributed by atoms with E-state index >= 15 is 0 Å². The first-order chi connectivity index (χ1) is 8.79. The van der Waals surface area contributed by atoms with E-state index in [-0.39, 0.29) is 17.1 Å². The number of amides is 1. The number of nitrogens with two attached hydrogens (primary N) is 1. The van der Waals surface area contributed by atoms with Crippen LogP contribution in [0.5, 0.6) is 0 Å². The first kappa shape index (κ1) is 14.0. The van der Waals surface area contributed by atoms with Gasteiger partial charge in [-0.25, -0.2) is 4.68 Å². The van der Waals surface area contributed by atoms with Gasteiger partial charge in [-0.2, -0.15) is 13.2 Å². The summed E-state index contributed by atoms with van der Waals surface area (Å²) in [5.74, 6) is 3.74. The number of nitrogens with zero attached hydrogens (tertiary/aromatic N) is 3.